The summed E-state index contributed by atoms with van der Waals surface area (Å²) >= 11 is 11.9. The summed E-state index contributed by atoms with van der Waals surface area (Å²) in [5.74, 6) is 0.685. The van der Waals surface area contributed by atoms with Gasteiger partial charge in [0.1, 0.15) is 0 Å². The van der Waals surface area contributed by atoms with Gasteiger partial charge in [0.2, 0.25) is 0 Å². The molecular formula is C14H18Cl2N2O. The molecule has 5 heteroatoms. The minimum atomic E-state index is 0.0207. The molecule has 0 aromatic heterocycles. The highest BCUT2D eigenvalue weighted by Gasteiger charge is 2.23. The number of hydrogen-bond acceptors (Lipinski definition) is 2. The number of benzene rings is 1. The van der Waals surface area contributed by atoms with Crippen LogP contribution in [0.4, 0.5) is 0 Å². The zero-order valence-electron chi connectivity index (χ0n) is 11.0. The molecule has 1 heterocycles. The SMILES string of the molecule is CNCC1CCN(C(=O)c2cc(Cl)cc(Cl)c2)CC1. The van der Waals surface area contributed by atoms with Crippen molar-refractivity contribution in [2.75, 3.05) is 26.7 Å². The zero-order valence-corrected chi connectivity index (χ0v) is 12.5. The zero-order chi connectivity index (χ0) is 13.8. The summed E-state index contributed by atoms with van der Waals surface area (Å²) in [7, 11) is 1.96. The van der Waals surface area contributed by atoms with Gasteiger partial charge in [-0.15, -0.1) is 0 Å². The molecule has 0 spiro atoms. The topological polar surface area (TPSA) is 32.3 Å². The summed E-state index contributed by atoms with van der Waals surface area (Å²) in [6, 6.07) is 4.99. The number of halogens is 2. The van der Waals surface area contributed by atoms with E-state index < -0.39 is 0 Å². The number of likely N-dealkylation sites (tertiary alicyclic amines) is 1. The first-order valence-electron chi connectivity index (χ1n) is 6.50. The molecule has 1 aromatic rings. The molecule has 1 fully saturated rings. The lowest BCUT2D eigenvalue weighted by Crippen LogP contribution is -2.40. The quantitative estimate of drug-likeness (QED) is 0.930. The fourth-order valence-electron chi connectivity index (χ4n) is 2.49. The second-order valence-corrected chi connectivity index (χ2v) is 5.82. The smallest absolute Gasteiger partial charge is 0.253 e. The molecule has 1 saturated heterocycles. The average molecular weight is 301 g/mol. The van der Waals surface area contributed by atoms with Crippen molar-refractivity contribution in [1.29, 1.82) is 0 Å². The lowest BCUT2D eigenvalue weighted by Gasteiger charge is -2.32. The standard InChI is InChI=1S/C14H18Cl2N2O/c1-17-9-10-2-4-18(5-3-10)14(19)11-6-12(15)8-13(16)7-11/h6-8,10,17H,2-5,9H2,1H3. The minimum Gasteiger partial charge on any atom is -0.339 e. The van der Waals surface area contributed by atoms with Gasteiger partial charge in [-0.25, -0.2) is 0 Å². The minimum absolute atomic E-state index is 0.0207. The number of nitrogens with one attached hydrogen (secondary N) is 1. The monoisotopic (exact) mass is 300 g/mol. The van der Waals surface area contributed by atoms with Gasteiger partial charge in [0.05, 0.1) is 0 Å². The second kappa shape index (κ2) is 6.60. The highest BCUT2D eigenvalue weighted by Crippen LogP contribution is 2.22. The molecule has 19 heavy (non-hydrogen) atoms. The molecule has 2 rings (SSSR count). The first kappa shape index (κ1) is 14.6. The summed E-state index contributed by atoms with van der Waals surface area (Å²) in [4.78, 5) is 14.2. The van der Waals surface area contributed by atoms with Crippen LogP contribution in [0.3, 0.4) is 0 Å². The van der Waals surface area contributed by atoms with Crippen molar-refractivity contribution < 1.29 is 4.79 Å². The Balaban J connectivity index is 2.01. The fourth-order valence-corrected chi connectivity index (χ4v) is 3.01. The van der Waals surface area contributed by atoms with Gasteiger partial charge in [-0.2, -0.15) is 0 Å². The molecule has 1 amide bonds. The number of piperidine rings is 1. The van der Waals surface area contributed by atoms with Crippen LogP contribution < -0.4 is 5.32 Å². The van der Waals surface area contributed by atoms with Gasteiger partial charge in [0, 0.05) is 28.7 Å². The molecule has 0 radical (unpaired) electrons. The largest absolute Gasteiger partial charge is 0.339 e. The van der Waals surface area contributed by atoms with Gasteiger partial charge in [-0.3, -0.25) is 4.79 Å². The highest BCUT2D eigenvalue weighted by molar-refractivity contribution is 6.35. The van der Waals surface area contributed by atoms with Crippen molar-refractivity contribution in [1.82, 2.24) is 10.2 Å². The first-order chi connectivity index (χ1) is 9.10. The Hall–Kier alpha value is -0.770. The van der Waals surface area contributed by atoms with Gasteiger partial charge in [0.25, 0.3) is 5.91 Å². The summed E-state index contributed by atoms with van der Waals surface area (Å²) in [5, 5.41) is 4.19. The van der Waals surface area contributed by atoms with E-state index in [-0.39, 0.29) is 5.91 Å². The lowest BCUT2D eigenvalue weighted by atomic mass is 9.96. The molecule has 1 aromatic carbocycles. The van der Waals surface area contributed by atoms with E-state index in [0.717, 1.165) is 32.5 Å². The van der Waals surface area contributed by atoms with Crippen LogP contribution in [0.15, 0.2) is 18.2 Å². The van der Waals surface area contributed by atoms with Gasteiger partial charge in [0.15, 0.2) is 0 Å². The van der Waals surface area contributed by atoms with E-state index in [1.807, 2.05) is 11.9 Å². The van der Waals surface area contributed by atoms with Crippen molar-refractivity contribution in [2.24, 2.45) is 5.92 Å². The van der Waals surface area contributed by atoms with E-state index in [1.165, 1.54) is 0 Å². The van der Waals surface area contributed by atoms with Crippen LogP contribution in [0.5, 0.6) is 0 Å². The molecule has 0 unspecified atom stereocenters. The maximum absolute atomic E-state index is 12.4. The predicted octanol–water partition coefficient (Wildman–Crippen LogP) is 3.07. The van der Waals surface area contributed by atoms with Crippen molar-refractivity contribution in [3.05, 3.63) is 33.8 Å². The number of amides is 1. The Morgan fingerprint density at radius 1 is 1.26 bits per heavy atom. The molecular weight excluding hydrogens is 283 g/mol. The summed E-state index contributed by atoms with van der Waals surface area (Å²) in [6.07, 6.45) is 2.09. The van der Waals surface area contributed by atoms with Crippen LogP contribution in [0.25, 0.3) is 0 Å². The Morgan fingerprint density at radius 3 is 2.37 bits per heavy atom. The van der Waals surface area contributed by atoms with Gasteiger partial charge in [-0.1, -0.05) is 23.2 Å². The molecule has 0 saturated carbocycles. The molecule has 1 aliphatic heterocycles. The van der Waals surface area contributed by atoms with Crippen LogP contribution in [0.1, 0.15) is 23.2 Å². The van der Waals surface area contributed by atoms with Crippen molar-refractivity contribution in [2.45, 2.75) is 12.8 Å². The second-order valence-electron chi connectivity index (χ2n) is 4.95. The van der Waals surface area contributed by atoms with Crippen LogP contribution in [0, 0.1) is 5.92 Å². The lowest BCUT2D eigenvalue weighted by molar-refractivity contribution is 0.0691. The Kier molecular flexibility index (Phi) is 5.08. The van der Waals surface area contributed by atoms with Gasteiger partial charge in [-0.05, 0) is 50.6 Å². The normalized spacial score (nSPS) is 16.7. The van der Waals surface area contributed by atoms with E-state index >= 15 is 0 Å². The number of rotatable bonds is 3. The maximum atomic E-state index is 12.4. The third-order valence-electron chi connectivity index (χ3n) is 3.50. The molecule has 1 N–H and O–H groups in total. The predicted molar refractivity (Wildman–Crippen MR) is 79.0 cm³/mol. The Morgan fingerprint density at radius 2 is 1.84 bits per heavy atom. The molecule has 1 aliphatic rings. The number of hydrogen-bond donors (Lipinski definition) is 1. The van der Waals surface area contributed by atoms with Crippen LogP contribution in [-0.2, 0) is 0 Å². The molecule has 0 bridgehead atoms. The van der Waals surface area contributed by atoms with Gasteiger partial charge >= 0.3 is 0 Å². The fraction of sp³-hybridized carbons (Fsp3) is 0.500. The first-order valence-corrected chi connectivity index (χ1v) is 7.25. The number of nitrogens with zero attached hydrogens (tertiary/aromatic N) is 1. The van der Waals surface area contributed by atoms with Crippen LogP contribution >= 0.6 is 23.2 Å². The summed E-state index contributed by atoms with van der Waals surface area (Å²) in [6.45, 7) is 2.62. The third kappa shape index (κ3) is 3.85. The Labute approximate surface area is 123 Å². The molecule has 104 valence electrons. The Bertz CT molecular complexity index is 437. The van der Waals surface area contributed by atoms with E-state index in [2.05, 4.69) is 5.32 Å². The maximum Gasteiger partial charge on any atom is 0.253 e. The average Bonchev–Trinajstić information content (AvgIpc) is 2.38. The van der Waals surface area contributed by atoms with E-state index in [0.29, 0.717) is 21.5 Å². The van der Waals surface area contributed by atoms with Crippen molar-refractivity contribution >= 4 is 29.1 Å². The van der Waals surface area contributed by atoms with E-state index in [1.54, 1.807) is 18.2 Å². The molecule has 0 atom stereocenters. The summed E-state index contributed by atoms with van der Waals surface area (Å²) < 4.78 is 0. The van der Waals surface area contributed by atoms with E-state index in [9.17, 15) is 4.79 Å². The van der Waals surface area contributed by atoms with Crippen molar-refractivity contribution in [3.63, 3.8) is 0 Å². The third-order valence-corrected chi connectivity index (χ3v) is 3.94. The molecule has 0 aliphatic carbocycles. The molecule has 3 nitrogen and oxygen atoms in total. The highest BCUT2D eigenvalue weighted by atomic mass is 35.5. The number of carbonyl (C=O) groups excluding carboxylic acids is 1. The van der Waals surface area contributed by atoms with Crippen molar-refractivity contribution in [3.8, 4) is 0 Å². The van der Waals surface area contributed by atoms with Gasteiger partial charge < -0.3 is 10.2 Å². The summed E-state index contributed by atoms with van der Waals surface area (Å²) in [5.41, 5.74) is 0.574. The number of carbonyl (C=O) groups is 1. The van der Waals surface area contributed by atoms with E-state index in [4.69, 9.17) is 23.2 Å². The van der Waals surface area contributed by atoms with Crippen LogP contribution in [0.2, 0.25) is 10.0 Å². The van der Waals surface area contributed by atoms with Crippen LogP contribution in [-0.4, -0.2) is 37.5 Å².